The molecule has 0 aliphatic carbocycles. The lowest BCUT2D eigenvalue weighted by molar-refractivity contribution is -0.119. The van der Waals surface area contributed by atoms with E-state index in [-0.39, 0.29) is 0 Å². The summed E-state index contributed by atoms with van der Waals surface area (Å²) in [4.78, 5) is 11.4. The zero-order valence-corrected chi connectivity index (χ0v) is 10.3. The van der Waals surface area contributed by atoms with Crippen LogP contribution in [-0.4, -0.2) is 5.78 Å². The van der Waals surface area contributed by atoms with Crippen LogP contribution in [0.4, 0.5) is 0 Å². The van der Waals surface area contributed by atoms with Gasteiger partial charge in [0.2, 0.25) is 0 Å². The Balaban J connectivity index is 3.15. The van der Waals surface area contributed by atoms with Gasteiger partial charge in [0.25, 0.3) is 0 Å². The Kier molecular flexibility index (Phi) is 11.0. The van der Waals surface area contributed by atoms with Gasteiger partial charge in [0.1, 0.15) is 5.78 Å². The molecule has 0 aromatic carbocycles. The van der Waals surface area contributed by atoms with E-state index in [0.717, 1.165) is 32.1 Å². The third-order valence-electron chi connectivity index (χ3n) is 2.67. The van der Waals surface area contributed by atoms with Crippen LogP contribution >= 0.6 is 0 Å². The standard InChI is InChI=1S/C14H26O/c1-3-5-7-9-11-13-14(15)12-10-8-6-4-2/h3H,1,4-13H2,2H3. The van der Waals surface area contributed by atoms with Crippen molar-refractivity contribution in [2.75, 3.05) is 0 Å². The van der Waals surface area contributed by atoms with Crippen LogP contribution < -0.4 is 0 Å². The van der Waals surface area contributed by atoms with E-state index in [1.807, 2.05) is 6.08 Å². The van der Waals surface area contributed by atoms with Gasteiger partial charge in [-0.3, -0.25) is 4.79 Å². The second-order valence-electron chi connectivity index (χ2n) is 4.24. The van der Waals surface area contributed by atoms with E-state index in [9.17, 15) is 4.79 Å². The van der Waals surface area contributed by atoms with Gasteiger partial charge in [-0.1, -0.05) is 38.7 Å². The monoisotopic (exact) mass is 210 g/mol. The molecule has 0 aromatic rings. The van der Waals surface area contributed by atoms with Crippen LogP contribution in [0.15, 0.2) is 12.7 Å². The van der Waals surface area contributed by atoms with Crippen molar-refractivity contribution in [3.8, 4) is 0 Å². The fraction of sp³-hybridized carbons (Fsp3) is 0.786. The highest BCUT2D eigenvalue weighted by Crippen LogP contribution is 2.08. The average Bonchev–Trinajstić information content (AvgIpc) is 2.24. The van der Waals surface area contributed by atoms with Gasteiger partial charge in [0.15, 0.2) is 0 Å². The lowest BCUT2D eigenvalue weighted by Crippen LogP contribution is -1.97. The zero-order chi connectivity index (χ0) is 11.4. The molecule has 1 heteroatoms. The minimum absolute atomic E-state index is 0.463. The Morgan fingerprint density at radius 3 is 2.13 bits per heavy atom. The molecule has 0 aliphatic rings. The summed E-state index contributed by atoms with van der Waals surface area (Å²) in [5, 5.41) is 0. The molecule has 0 saturated heterocycles. The van der Waals surface area contributed by atoms with Crippen molar-refractivity contribution in [1.82, 2.24) is 0 Å². The van der Waals surface area contributed by atoms with Gasteiger partial charge in [-0.15, -0.1) is 6.58 Å². The van der Waals surface area contributed by atoms with Gasteiger partial charge in [-0.05, 0) is 25.7 Å². The minimum atomic E-state index is 0.463. The van der Waals surface area contributed by atoms with E-state index in [2.05, 4.69) is 13.5 Å². The smallest absolute Gasteiger partial charge is 0.132 e. The largest absolute Gasteiger partial charge is 0.300 e. The summed E-state index contributed by atoms with van der Waals surface area (Å²) >= 11 is 0. The molecular formula is C14H26O. The Labute approximate surface area is 95.0 Å². The highest BCUT2D eigenvalue weighted by atomic mass is 16.1. The molecule has 15 heavy (non-hydrogen) atoms. The number of allylic oxidation sites excluding steroid dienone is 1. The SMILES string of the molecule is C=CCCCCCC(=O)CCCCCC. The lowest BCUT2D eigenvalue weighted by Gasteiger charge is -2.00. The molecule has 88 valence electrons. The van der Waals surface area contributed by atoms with Gasteiger partial charge in [0.05, 0.1) is 0 Å². The van der Waals surface area contributed by atoms with Crippen LogP contribution in [0.25, 0.3) is 0 Å². The molecule has 1 nitrogen and oxygen atoms in total. The van der Waals surface area contributed by atoms with Gasteiger partial charge in [-0.25, -0.2) is 0 Å². The van der Waals surface area contributed by atoms with Gasteiger partial charge >= 0.3 is 0 Å². The summed E-state index contributed by atoms with van der Waals surface area (Å²) in [6.45, 7) is 5.88. The first-order valence-corrected chi connectivity index (χ1v) is 6.43. The Bertz CT molecular complexity index is 161. The quantitative estimate of drug-likeness (QED) is 0.358. The van der Waals surface area contributed by atoms with Crippen LogP contribution in [-0.2, 0) is 4.79 Å². The molecule has 0 amide bonds. The molecule has 0 aliphatic heterocycles. The molecule has 0 spiro atoms. The summed E-state index contributed by atoms with van der Waals surface area (Å²) in [6.07, 6.45) is 12.9. The van der Waals surface area contributed by atoms with Crippen LogP contribution in [0.2, 0.25) is 0 Å². The highest BCUT2D eigenvalue weighted by molar-refractivity contribution is 5.78. The summed E-state index contributed by atoms with van der Waals surface area (Å²) in [5.74, 6) is 0.463. The Morgan fingerprint density at radius 2 is 1.60 bits per heavy atom. The maximum absolute atomic E-state index is 11.4. The second-order valence-corrected chi connectivity index (χ2v) is 4.24. The fourth-order valence-corrected chi connectivity index (χ4v) is 1.66. The maximum Gasteiger partial charge on any atom is 0.132 e. The van der Waals surface area contributed by atoms with Crippen LogP contribution in [0.3, 0.4) is 0 Å². The summed E-state index contributed by atoms with van der Waals surface area (Å²) in [5.41, 5.74) is 0. The maximum atomic E-state index is 11.4. The summed E-state index contributed by atoms with van der Waals surface area (Å²) < 4.78 is 0. The van der Waals surface area contributed by atoms with Crippen LogP contribution in [0.1, 0.15) is 71.1 Å². The van der Waals surface area contributed by atoms with Gasteiger partial charge in [0, 0.05) is 12.8 Å². The van der Waals surface area contributed by atoms with Crippen LogP contribution in [0, 0.1) is 0 Å². The second kappa shape index (κ2) is 11.5. The van der Waals surface area contributed by atoms with Crippen molar-refractivity contribution < 1.29 is 4.79 Å². The number of rotatable bonds is 11. The Morgan fingerprint density at radius 1 is 1.00 bits per heavy atom. The Hall–Kier alpha value is -0.590. The predicted octanol–water partition coefficient (Wildman–Crippen LogP) is 4.66. The van der Waals surface area contributed by atoms with Crippen molar-refractivity contribution in [1.29, 1.82) is 0 Å². The average molecular weight is 210 g/mol. The highest BCUT2D eigenvalue weighted by Gasteiger charge is 2.00. The predicted molar refractivity (Wildman–Crippen MR) is 67.0 cm³/mol. The van der Waals surface area contributed by atoms with Gasteiger partial charge in [-0.2, -0.15) is 0 Å². The van der Waals surface area contributed by atoms with Crippen molar-refractivity contribution >= 4 is 5.78 Å². The number of Topliss-reactive ketones (excluding diaryl/α,β-unsaturated/α-hetero) is 1. The van der Waals surface area contributed by atoms with E-state index in [4.69, 9.17) is 0 Å². The first-order chi connectivity index (χ1) is 7.31. The molecule has 0 N–H and O–H groups in total. The number of hydrogen-bond acceptors (Lipinski definition) is 1. The lowest BCUT2D eigenvalue weighted by atomic mass is 10.0. The molecule has 0 bridgehead atoms. The normalized spacial score (nSPS) is 10.2. The fourth-order valence-electron chi connectivity index (χ4n) is 1.66. The molecule has 0 fully saturated rings. The van der Waals surface area contributed by atoms with Crippen molar-refractivity contribution in [3.05, 3.63) is 12.7 Å². The molecule has 0 radical (unpaired) electrons. The molecule has 0 rings (SSSR count). The first-order valence-electron chi connectivity index (χ1n) is 6.43. The number of unbranched alkanes of at least 4 members (excludes halogenated alkanes) is 6. The van der Waals surface area contributed by atoms with E-state index in [1.165, 1.54) is 32.1 Å². The number of hydrogen-bond donors (Lipinski definition) is 0. The first kappa shape index (κ1) is 14.4. The minimum Gasteiger partial charge on any atom is -0.300 e. The molecule has 0 aromatic heterocycles. The molecule has 0 atom stereocenters. The zero-order valence-electron chi connectivity index (χ0n) is 10.3. The van der Waals surface area contributed by atoms with Crippen molar-refractivity contribution in [2.24, 2.45) is 0 Å². The molecule has 0 heterocycles. The van der Waals surface area contributed by atoms with E-state index in [1.54, 1.807) is 0 Å². The van der Waals surface area contributed by atoms with E-state index >= 15 is 0 Å². The molecular weight excluding hydrogens is 184 g/mol. The summed E-state index contributed by atoms with van der Waals surface area (Å²) in [6, 6.07) is 0. The third kappa shape index (κ3) is 11.3. The van der Waals surface area contributed by atoms with Crippen molar-refractivity contribution in [2.45, 2.75) is 71.1 Å². The van der Waals surface area contributed by atoms with Crippen molar-refractivity contribution in [3.63, 3.8) is 0 Å². The van der Waals surface area contributed by atoms with Gasteiger partial charge < -0.3 is 0 Å². The van der Waals surface area contributed by atoms with E-state index in [0.29, 0.717) is 5.78 Å². The number of ketones is 1. The molecule has 0 saturated carbocycles. The topological polar surface area (TPSA) is 17.1 Å². The summed E-state index contributed by atoms with van der Waals surface area (Å²) in [7, 11) is 0. The third-order valence-corrected chi connectivity index (χ3v) is 2.67. The van der Waals surface area contributed by atoms with Crippen LogP contribution in [0.5, 0.6) is 0 Å². The number of carbonyl (C=O) groups is 1. The van der Waals surface area contributed by atoms with E-state index < -0.39 is 0 Å². The molecule has 0 unspecified atom stereocenters. The number of carbonyl (C=O) groups excluding carboxylic acids is 1.